The first-order chi connectivity index (χ1) is 11.5. The smallest absolute Gasteiger partial charge is 0.261 e. The number of carbonyl (C=O) groups excluding carboxylic acids is 2. The molecule has 128 valence electrons. The van der Waals surface area contributed by atoms with Gasteiger partial charge in [0.2, 0.25) is 5.91 Å². The summed E-state index contributed by atoms with van der Waals surface area (Å²) in [6.45, 7) is 4.73. The van der Waals surface area contributed by atoms with Gasteiger partial charge in [0.25, 0.3) is 5.91 Å². The topological polar surface area (TPSA) is 58.6 Å². The minimum Gasteiger partial charge on any atom is -0.494 e. The van der Waals surface area contributed by atoms with E-state index in [9.17, 15) is 9.59 Å². The Bertz CT molecular complexity index is 668. The third-order valence-electron chi connectivity index (χ3n) is 3.49. The molecule has 0 fully saturated rings. The van der Waals surface area contributed by atoms with E-state index in [0.29, 0.717) is 18.0 Å². The van der Waals surface area contributed by atoms with Crippen LogP contribution in [0.4, 0.5) is 0 Å². The van der Waals surface area contributed by atoms with Gasteiger partial charge in [-0.15, -0.1) is 11.3 Å². The Morgan fingerprint density at radius 2 is 1.96 bits per heavy atom. The molecule has 6 heteroatoms. The summed E-state index contributed by atoms with van der Waals surface area (Å²) in [5.41, 5.74) is 1.01. The van der Waals surface area contributed by atoms with Crippen LogP contribution in [0.1, 0.15) is 29.1 Å². The molecule has 0 saturated carbocycles. The second-order valence-corrected chi connectivity index (χ2v) is 6.39. The van der Waals surface area contributed by atoms with Crippen LogP contribution in [-0.2, 0) is 11.3 Å². The van der Waals surface area contributed by atoms with E-state index in [0.717, 1.165) is 11.3 Å². The summed E-state index contributed by atoms with van der Waals surface area (Å²) >= 11 is 1.35. The van der Waals surface area contributed by atoms with Gasteiger partial charge in [0, 0.05) is 13.6 Å². The van der Waals surface area contributed by atoms with Gasteiger partial charge in [0.15, 0.2) is 0 Å². The van der Waals surface area contributed by atoms with Crippen molar-refractivity contribution < 1.29 is 14.3 Å². The molecule has 2 aromatic rings. The summed E-state index contributed by atoms with van der Waals surface area (Å²) in [5.74, 6) is 0.459. The lowest BCUT2D eigenvalue weighted by molar-refractivity contribution is -0.132. The Hall–Kier alpha value is -2.34. The Morgan fingerprint density at radius 1 is 1.25 bits per heavy atom. The van der Waals surface area contributed by atoms with Crippen molar-refractivity contribution in [1.82, 2.24) is 10.2 Å². The van der Waals surface area contributed by atoms with Crippen LogP contribution in [0.25, 0.3) is 0 Å². The number of hydrogen-bond acceptors (Lipinski definition) is 4. The molecule has 1 aromatic carbocycles. The average Bonchev–Trinajstić information content (AvgIpc) is 3.10. The van der Waals surface area contributed by atoms with Crippen molar-refractivity contribution in [3.63, 3.8) is 0 Å². The number of thiophene rings is 1. The normalized spacial score (nSPS) is 11.6. The number of amides is 2. The van der Waals surface area contributed by atoms with Gasteiger partial charge in [0.05, 0.1) is 11.5 Å². The van der Waals surface area contributed by atoms with Crippen LogP contribution in [0, 0.1) is 0 Å². The number of benzene rings is 1. The third-order valence-corrected chi connectivity index (χ3v) is 4.36. The highest BCUT2D eigenvalue weighted by atomic mass is 32.1. The third kappa shape index (κ3) is 4.83. The zero-order valence-corrected chi connectivity index (χ0v) is 14.9. The number of carbonyl (C=O) groups is 2. The molecule has 0 aliphatic heterocycles. The lowest BCUT2D eigenvalue weighted by atomic mass is 10.2. The average molecular weight is 346 g/mol. The maximum Gasteiger partial charge on any atom is 0.261 e. The summed E-state index contributed by atoms with van der Waals surface area (Å²) < 4.78 is 5.40. The van der Waals surface area contributed by atoms with E-state index < -0.39 is 6.04 Å². The summed E-state index contributed by atoms with van der Waals surface area (Å²) in [6.07, 6.45) is 0. The predicted octanol–water partition coefficient (Wildman–Crippen LogP) is 2.92. The van der Waals surface area contributed by atoms with E-state index in [2.05, 4.69) is 5.32 Å². The van der Waals surface area contributed by atoms with Crippen molar-refractivity contribution in [2.45, 2.75) is 26.4 Å². The quantitative estimate of drug-likeness (QED) is 0.838. The molecular weight excluding hydrogens is 324 g/mol. The molecule has 1 aromatic heterocycles. The number of hydrogen-bond donors (Lipinski definition) is 1. The Labute approximate surface area is 146 Å². The van der Waals surface area contributed by atoms with Gasteiger partial charge in [0.1, 0.15) is 11.8 Å². The van der Waals surface area contributed by atoms with Gasteiger partial charge >= 0.3 is 0 Å². The summed E-state index contributed by atoms with van der Waals surface area (Å²) in [5, 5.41) is 4.57. The van der Waals surface area contributed by atoms with Crippen LogP contribution >= 0.6 is 11.3 Å². The maximum atomic E-state index is 12.4. The molecule has 0 aliphatic carbocycles. The molecule has 5 nitrogen and oxygen atoms in total. The molecular formula is C18H22N2O3S. The first kappa shape index (κ1) is 18.0. The highest BCUT2D eigenvalue weighted by molar-refractivity contribution is 7.12. The van der Waals surface area contributed by atoms with Crippen LogP contribution in [0.15, 0.2) is 41.8 Å². The number of rotatable bonds is 7. The zero-order chi connectivity index (χ0) is 17.5. The van der Waals surface area contributed by atoms with Crippen LogP contribution < -0.4 is 10.1 Å². The summed E-state index contributed by atoms with van der Waals surface area (Å²) in [6, 6.07) is 10.6. The highest BCUT2D eigenvalue weighted by Gasteiger charge is 2.20. The molecule has 1 N–H and O–H groups in total. The van der Waals surface area contributed by atoms with Crippen molar-refractivity contribution in [2.24, 2.45) is 0 Å². The SMILES string of the molecule is CCOc1ccc(CN(C)C(=O)C(C)NC(=O)c2cccs2)cc1. The molecule has 1 atom stereocenters. The van der Waals surface area contributed by atoms with E-state index in [1.165, 1.54) is 11.3 Å². The molecule has 0 aliphatic rings. The number of nitrogens with one attached hydrogen (secondary N) is 1. The molecule has 0 radical (unpaired) electrons. The van der Waals surface area contributed by atoms with Gasteiger partial charge in [-0.25, -0.2) is 0 Å². The first-order valence-electron chi connectivity index (χ1n) is 7.82. The van der Waals surface area contributed by atoms with Crippen LogP contribution in [0.2, 0.25) is 0 Å². The second kappa shape index (κ2) is 8.49. The fraction of sp³-hybridized carbons (Fsp3) is 0.333. The second-order valence-electron chi connectivity index (χ2n) is 5.44. The largest absolute Gasteiger partial charge is 0.494 e. The molecule has 0 saturated heterocycles. The highest BCUT2D eigenvalue weighted by Crippen LogP contribution is 2.14. The fourth-order valence-electron chi connectivity index (χ4n) is 2.28. The van der Waals surface area contributed by atoms with Crippen LogP contribution in [0.3, 0.4) is 0 Å². The predicted molar refractivity (Wildman–Crippen MR) is 95.3 cm³/mol. The van der Waals surface area contributed by atoms with Crippen LogP contribution in [-0.4, -0.2) is 36.4 Å². The minimum absolute atomic E-state index is 0.131. The van der Waals surface area contributed by atoms with Crippen LogP contribution in [0.5, 0.6) is 5.75 Å². The van der Waals surface area contributed by atoms with Gasteiger partial charge < -0.3 is 15.0 Å². The zero-order valence-electron chi connectivity index (χ0n) is 14.1. The van der Waals surface area contributed by atoms with Crippen molar-refractivity contribution in [3.8, 4) is 5.75 Å². The molecule has 1 heterocycles. The number of likely N-dealkylation sites (N-methyl/N-ethyl adjacent to an activating group) is 1. The van der Waals surface area contributed by atoms with Gasteiger partial charge in [-0.05, 0) is 43.0 Å². The Kier molecular flexibility index (Phi) is 6.37. The van der Waals surface area contributed by atoms with Crippen molar-refractivity contribution in [3.05, 3.63) is 52.2 Å². The van der Waals surface area contributed by atoms with E-state index in [4.69, 9.17) is 4.74 Å². The monoisotopic (exact) mass is 346 g/mol. The van der Waals surface area contributed by atoms with Crippen molar-refractivity contribution >= 4 is 23.2 Å². The minimum atomic E-state index is -0.577. The molecule has 0 bridgehead atoms. The fourth-order valence-corrected chi connectivity index (χ4v) is 2.90. The van der Waals surface area contributed by atoms with E-state index in [-0.39, 0.29) is 11.8 Å². The molecule has 2 rings (SSSR count). The van der Waals surface area contributed by atoms with Gasteiger partial charge in [-0.2, -0.15) is 0 Å². The van der Waals surface area contributed by atoms with E-state index in [1.807, 2.05) is 42.6 Å². The first-order valence-corrected chi connectivity index (χ1v) is 8.70. The number of ether oxygens (including phenoxy) is 1. The van der Waals surface area contributed by atoms with E-state index >= 15 is 0 Å². The standard InChI is InChI=1S/C18H22N2O3S/c1-4-23-15-9-7-14(8-10-15)12-20(3)18(22)13(2)19-17(21)16-6-5-11-24-16/h5-11,13H,4,12H2,1-3H3,(H,19,21). The van der Waals surface area contributed by atoms with Crippen molar-refractivity contribution in [1.29, 1.82) is 0 Å². The molecule has 24 heavy (non-hydrogen) atoms. The number of nitrogens with zero attached hydrogens (tertiary/aromatic N) is 1. The van der Waals surface area contributed by atoms with Crippen molar-refractivity contribution in [2.75, 3.05) is 13.7 Å². The lowest BCUT2D eigenvalue weighted by Gasteiger charge is -2.22. The van der Waals surface area contributed by atoms with Gasteiger partial charge in [-0.1, -0.05) is 18.2 Å². The summed E-state index contributed by atoms with van der Waals surface area (Å²) in [7, 11) is 1.73. The molecule has 0 spiro atoms. The summed E-state index contributed by atoms with van der Waals surface area (Å²) in [4.78, 5) is 26.6. The maximum absolute atomic E-state index is 12.4. The Morgan fingerprint density at radius 3 is 2.54 bits per heavy atom. The Balaban J connectivity index is 1.89. The lowest BCUT2D eigenvalue weighted by Crippen LogP contribution is -2.45. The van der Waals surface area contributed by atoms with Gasteiger partial charge in [-0.3, -0.25) is 9.59 Å². The van der Waals surface area contributed by atoms with E-state index in [1.54, 1.807) is 24.9 Å². The molecule has 2 amide bonds. The molecule has 1 unspecified atom stereocenters.